The number of hydrogen-bond donors (Lipinski definition) is 1. The summed E-state index contributed by atoms with van der Waals surface area (Å²) >= 11 is 0. The molecule has 1 aliphatic rings. The number of benzene rings is 1. The largest absolute Gasteiger partial charge is 0.337 e. The van der Waals surface area contributed by atoms with E-state index in [0.717, 1.165) is 11.1 Å². The van der Waals surface area contributed by atoms with Gasteiger partial charge in [0, 0.05) is 40.8 Å². The number of amides is 2. The molecule has 2 atom stereocenters. The third kappa shape index (κ3) is 4.92. The number of alkyl halides is 1. The number of aromatic nitrogens is 5. The molecular weight excluding hydrogens is 477 g/mol. The van der Waals surface area contributed by atoms with E-state index in [4.69, 9.17) is 0 Å². The van der Waals surface area contributed by atoms with E-state index in [0.29, 0.717) is 22.2 Å². The smallest absolute Gasteiger partial charge is 0.248 e. The highest BCUT2D eigenvalue weighted by molar-refractivity contribution is 6.08. The number of aryl methyl sites for hydroxylation is 1. The van der Waals surface area contributed by atoms with Gasteiger partial charge in [-0.25, -0.2) is 9.37 Å². The second-order valence-corrected chi connectivity index (χ2v) is 9.02. The SMILES string of the molecule is CC(=O)c1cn(CC(=O)N2C[C@H](F)C[C@H]2C(=O)Nc2cncc(C)n2)c2ccc(-c3ccnnc3)cc12. The zero-order valence-corrected chi connectivity index (χ0v) is 20.3. The molecule has 5 rings (SSSR count). The van der Waals surface area contributed by atoms with Crippen molar-refractivity contribution in [3.63, 3.8) is 0 Å². The van der Waals surface area contributed by atoms with Gasteiger partial charge in [0.1, 0.15) is 18.8 Å². The van der Waals surface area contributed by atoms with Crippen LogP contribution in [0.2, 0.25) is 0 Å². The molecule has 1 N–H and O–H groups in total. The van der Waals surface area contributed by atoms with Gasteiger partial charge in [0.15, 0.2) is 11.6 Å². The average Bonchev–Trinajstić information content (AvgIpc) is 3.45. The van der Waals surface area contributed by atoms with Crippen molar-refractivity contribution in [2.75, 3.05) is 11.9 Å². The van der Waals surface area contributed by atoms with Crippen molar-refractivity contribution < 1.29 is 18.8 Å². The summed E-state index contributed by atoms with van der Waals surface area (Å²) in [6.07, 6.45) is 6.35. The lowest BCUT2D eigenvalue weighted by atomic mass is 10.0. The van der Waals surface area contributed by atoms with E-state index in [9.17, 15) is 18.8 Å². The summed E-state index contributed by atoms with van der Waals surface area (Å²) in [7, 11) is 0. The van der Waals surface area contributed by atoms with Gasteiger partial charge in [-0.15, -0.1) is 0 Å². The van der Waals surface area contributed by atoms with Crippen LogP contribution in [0.25, 0.3) is 22.0 Å². The van der Waals surface area contributed by atoms with E-state index >= 15 is 0 Å². The van der Waals surface area contributed by atoms with Gasteiger partial charge in [0.2, 0.25) is 11.8 Å². The predicted octanol–water partition coefficient (Wildman–Crippen LogP) is 2.98. The second kappa shape index (κ2) is 9.84. The van der Waals surface area contributed by atoms with E-state index < -0.39 is 24.0 Å². The standard InChI is InChI=1S/C26H24FN7O3/c1-15-9-28-11-24(31-15)32-26(37)23-8-19(27)12-34(23)25(36)14-33-13-21(16(2)35)20-7-17(3-4-22(20)33)18-5-6-29-30-10-18/h3-7,9-11,13,19,23H,8,12,14H2,1-2H3,(H,31,32,37)/t19-,23+/m1/s1. The molecule has 1 aromatic carbocycles. The molecule has 11 heteroatoms. The summed E-state index contributed by atoms with van der Waals surface area (Å²) in [5.41, 5.74) is 3.45. The van der Waals surface area contributed by atoms with Crippen LogP contribution in [-0.2, 0) is 16.1 Å². The molecule has 0 bridgehead atoms. The minimum atomic E-state index is -1.32. The first kappa shape index (κ1) is 24.2. The summed E-state index contributed by atoms with van der Waals surface area (Å²) < 4.78 is 16.1. The molecule has 2 amide bonds. The molecular formula is C26H24FN7O3. The highest BCUT2D eigenvalue weighted by Crippen LogP contribution is 2.29. The van der Waals surface area contributed by atoms with Crippen molar-refractivity contribution in [2.45, 2.75) is 39.0 Å². The Kier molecular flexibility index (Phi) is 6.43. The van der Waals surface area contributed by atoms with Gasteiger partial charge in [0.25, 0.3) is 0 Å². The van der Waals surface area contributed by atoms with Gasteiger partial charge in [0.05, 0.1) is 30.8 Å². The van der Waals surface area contributed by atoms with Crippen LogP contribution in [0, 0.1) is 6.92 Å². The van der Waals surface area contributed by atoms with Crippen molar-refractivity contribution in [2.24, 2.45) is 0 Å². The van der Waals surface area contributed by atoms with Crippen LogP contribution >= 0.6 is 0 Å². The van der Waals surface area contributed by atoms with E-state index in [1.807, 2.05) is 24.3 Å². The lowest BCUT2D eigenvalue weighted by Crippen LogP contribution is -2.44. The summed E-state index contributed by atoms with van der Waals surface area (Å²) in [5, 5.41) is 11.0. The monoisotopic (exact) mass is 501 g/mol. The Balaban J connectivity index is 1.41. The van der Waals surface area contributed by atoms with E-state index in [1.165, 1.54) is 18.0 Å². The summed E-state index contributed by atoms with van der Waals surface area (Å²) in [5.74, 6) is -0.860. The Bertz CT molecular complexity index is 1500. The van der Waals surface area contributed by atoms with E-state index in [1.54, 1.807) is 36.3 Å². The first-order valence-corrected chi connectivity index (χ1v) is 11.7. The van der Waals surface area contributed by atoms with Crippen LogP contribution in [0.4, 0.5) is 10.2 Å². The molecule has 1 saturated heterocycles. The number of fused-ring (bicyclic) bond motifs is 1. The fourth-order valence-corrected chi connectivity index (χ4v) is 4.63. The number of nitrogens with zero attached hydrogens (tertiary/aromatic N) is 6. The third-order valence-corrected chi connectivity index (χ3v) is 6.36. The van der Waals surface area contributed by atoms with Crippen molar-refractivity contribution in [1.82, 2.24) is 29.6 Å². The molecule has 0 spiro atoms. The van der Waals surface area contributed by atoms with Crippen LogP contribution in [0.3, 0.4) is 0 Å². The average molecular weight is 502 g/mol. The number of likely N-dealkylation sites (tertiary alicyclic amines) is 1. The van der Waals surface area contributed by atoms with Gasteiger partial charge in [-0.3, -0.25) is 19.4 Å². The first-order chi connectivity index (χ1) is 17.8. The third-order valence-electron chi connectivity index (χ3n) is 6.36. The number of carbonyl (C=O) groups excluding carboxylic acids is 3. The molecule has 4 aromatic rings. The lowest BCUT2D eigenvalue weighted by Gasteiger charge is -2.24. The number of rotatable bonds is 6. The Morgan fingerprint density at radius 1 is 1.11 bits per heavy atom. The maximum atomic E-state index is 14.4. The van der Waals surface area contributed by atoms with Gasteiger partial charge >= 0.3 is 0 Å². The van der Waals surface area contributed by atoms with Crippen molar-refractivity contribution in [3.05, 3.63) is 66.5 Å². The Hall–Kier alpha value is -4.54. The van der Waals surface area contributed by atoms with Gasteiger partial charge in [-0.1, -0.05) is 6.07 Å². The van der Waals surface area contributed by atoms with Gasteiger partial charge in [-0.05, 0) is 37.6 Å². The lowest BCUT2D eigenvalue weighted by molar-refractivity contribution is -0.137. The molecule has 0 aliphatic carbocycles. The number of nitrogens with one attached hydrogen (secondary N) is 1. The van der Waals surface area contributed by atoms with E-state index in [2.05, 4.69) is 25.5 Å². The zero-order chi connectivity index (χ0) is 26.1. The quantitative estimate of drug-likeness (QED) is 0.403. The minimum Gasteiger partial charge on any atom is -0.337 e. The molecule has 37 heavy (non-hydrogen) atoms. The molecule has 0 saturated carbocycles. The summed E-state index contributed by atoms with van der Waals surface area (Å²) in [6, 6.07) is 6.40. The minimum absolute atomic E-state index is 0.106. The number of hydrogen-bond acceptors (Lipinski definition) is 7. The molecule has 3 aromatic heterocycles. The van der Waals surface area contributed by atoms with Crippen LogP contribution in [0.15, 0.2) is 55.2 Å². The maximum absolute atomic E-state index is 14.4. The second-order valence-electron chi connectivity index (χ2n) is 9.02. The van der Waals surface area contributed by atoms with Crippen LogP contribution < -0.4 is 5.32 Å². The number of halogens is 1. The molecule has 4 heterocycles. The van der Waals surface area contributed by atoms with Gasteiger partial charge < -0.3 is 14.8 Å². The Morgan fingerprint density at radius 2 is 1.95 bits per heavy atom. The highest BCUT2D eigenvalue weighted by atomic mass is 19.1. The molecule has 1 aliphatic heterocycles. The van der Waals surface area contributed by atoms with Crippen LogP contribution in [0.1, 0.15) is 29.4 Å². The van der Waals surface area contributed by atoms with Crippen molar-refractivity contribution in [1.29, 1.82) is 0 Å². The van der Waals surface area contributed by atoms with Crippen LogP contribution in [-0.4, -0.2) is 66.0 Å². The molecule has 0 radical (unpaired) electrons. The maximum Gasteiger partial charge on any atom is 0.248 e. The fraction of sp³-hybridized carbons (Fsp3) is 0.269. The number of anilines is 1. The van der Waals surface area contributed by atoms with Crippen LogP contribution in [0.5, 0.6) is 0 Å². The van der Waals surface area contributed by atoms with Gasteiger partial charge in [-0.2, -0.15) is 10.2 Å². The Morgan fingerprint density at radius 3 is 2.68 bits per heavy atom. The summed E-state index contributed by atoms with van der Waals surface area (Å²) in [6.45, 7) is 2.86. The summed E-state index contributed by atoms with van der Waals surface area (Å²) in [4.78, 5) is 48.1. The zero-order valence-electron chi connectivity index (χ0n) is 20.3. The predicted molar refractivity (Wildman–Crippen MR) is 133 cm³/mol. The van der Waals surface area contributed by atoms with Crippen molar-refractivity contribution >= 4 is 34.3 Å². The van der Waals surface area contributed by atoms with Crippen molar-refractivity contribution in [3.8, 4) is 11.1 Å². The number of carbonyl (C=O) groups is 3. The fourth-order valence-electron chi connectivity index (χ4n) is 4.63. The topological polar surface area (TPSA) is 123 Å². The first-order valence-electron chi connectivity index (χ1n) is 11.7. The number of ketones is 1. The molecule has 10 nitrogen and oxygen atoms in total. The molecule has 188 valence electrons. The van der Waals surface area contributed by atoms with E-state index in [-0.39, 0.29) is 31.1 Å². The molecule has 1 fully saturated rings. The highest BCUT2D eigenvalue weighted by Gasteiger charge is 2.40. The molecule has 0 unspecified atom stereocenters. The normalized spacial score (nSPS) is 17.2. The Labute approximate surface area is 211 Å². The number of Topliss-reactive ketones (excluding diaryl/α,β-unsaturated/α-hetero) is 1.